The van der Waals surface area contributed by atoms with Gasteiger partial charge in [-0.15, -0.1) is 0 Å². The van der Waals surface area contributed by atoms with Crippen molar-refractivity contribution in [3.63, 3.8) is 0 Å². The Bertz CT molecular complexity index is 129. The van der Waals surface area contributed by atoms with Crippen molar-refractivity contribution in [2.24, 2.45) is 11.1 Å². The molecule has 1 fully saturated rings. The number of rotatable bonds is 0. The smallest absolute Gasteiger partial charge is 0.00388 e. The molecule has 2 N–H and O–H groups in total. The molecule has 1 unspecified atom stereocenters. The summed E-state index contributed by atoms with van der Waals surface area (Å²) in [7, 11) is 0. The summed E-state index contributed by atoms with van der Waals surface area (Å²) < 4.78 is 0. The molecule has 1 atom stereocenters. The van der Waals surface area contributed by atoms with Crippen LogP contribution in [0.4, 0.5) is 0 Å². The molecule has 0 aromatic carbocycles. The first-order chi connectivity index (χ1) is 5.60. The van der Waals surface area contributed by atoms with Crippen molar-refractivity contribution in [3.8, 4) is 0 Å². The Morgan fingerprint density at radius 1 is 1.00 bits per heavy atom. The second-order valence-electron chi connectivity index (χ2n) is 5.06. The molecule has 0 radical (unpaired) electrons. The van der Waals surface area contributed by atoms with Gasteiger partial charge in [0.05, 0.1) is 0 Å². The second kappa shape index (κ2) is 4.27. The molecule has 0 amide bonds. The molecule has 1 aliphatic carbocycles. The van der Waals surface area contributed by atoms with Crippen molar-refractivity contribution in [1.29, 1.82) is 0 Å². The van der Waals surface area contributed by atoms with E-state index >= 15 is 0 Å². The first-order valence-corrected chi connectivity index (χ1v) is 5.36. The van der Waals surface area contributed by atoms with Crippen LogP contribution >= 0.6 is 0 Å². The van der Waals surface area contributed by atoms with Crippen LogP contribution in [0.15, 0.2) is 0 Å². The molecule has 1 aliphatic rings. The average Bonchev–Trinajstić information content (AvgIpc) is 2.02. The maximum Gasteiger partial charge on any atom is 0.00388 e. The van der Waals surface area contributed by atoms with Gasteiger partial charge in [-0.3, -0.25) is 0 Å². The number of nitrogens with two attached hydrogens (primary N) is 1. The van der Waals surface area contributed by atoms with Crippen molar-refractivity contribution in [2.75, 3.05) is 0 Å². The van der Waals surface area contributed by atoms with E-state index in [0.717, 1.165) is 0 Å². The Morgan fingerprint density at radius 2 is 1.58 bits per heavy atom. The maximum atomic E-state index is 5.96. The second-order valence-corrected chi connectivity index (χ2v) is 5.06. The highest BCUT2D eigenvalue weighted by Gasteiger charge is 2.19. The largest absolute Gasteiger partial charge is 0.328 e. The molecular weight excluding hydrogens is 146 g/mol. The summed E-state index contributed by atoms with van der Waals surface area (Å²) in [4.78, 5) is 0. The van der Waals surface area contributed by atoms with E-state index in [-0.39, 0.29) is 0 Å². The molecule has 0 spiro atoms. The quantitative estimate of drug-likeness (QED) is 0.592. The summed E-state index contributed by atoms with van der Waals surface area (Å²) >= 11 is 0. The van der Waals surface area contributed by atoms with E-state index in [1.807, 2.05) is 0 Å². The van der Waals surface area contributed by atoms with Gasteiger partial charge in [-0.2, -0.15) is 0 Å². The highest BCUT2D eigenvalue weighted by atomic mass is 14.6. The van der Waals surface area contributed by atoms with Crippen molar-refractivity contribution in [2.45, 2.75) is 64.8 Å². The zero-order valence-corrected chi connectivity index (χ0v) is 8.60. The first-order valence-electron chi connectivity index (χ1n) is 5.36. The van der Waals surface area contributed by atoms with Gasteiger partial charge in [0.25, 0.3) is 0 Å². The van der Waals surface area contributed by atoms with Gasteiger partial charge in [-0.25, -0.2) is 0 Å². The fraction of sp³-hybridized carbons (Fsp3) is 1.00. The molecule has 0 bridgehead atoms. The summed E-state index contributed by atoms with van der Waals surface area (Å²) in [5.41, 5.74) is 6.54. The minimum absolute atomic E-state index is 0.485. The summed E-state index contributed by atoms with van der Waals surface area (Å²) in [5, 5.41) is 0. The van der Waals surface area contributed by atoms with Crippen molar-refractivity contribution >= 4 is 0 Å². The van der Waals surface area contributed by atoms with Crippen molar-refractivity contribution < 1.29 is 0 Å². The molecule has 1 saturated carbocycles. The van der Waals surface area contributed by atoms with E-state index in [0.29, 0.717) is 11.5 Å². The minimum Gasteiger partial charge on any atom is -0.328 e. The Kier molecular flexibility index (Phi) is 3.57. The Labute approximate surface area is 76.7 Å². The van der Waals surface area contributed by atoms with Gasteiger partial charge in [0.15, 0.2) is 0 Å². The highest BCUT2D eigenvalue weighted by Crippen LogP contribution is 2.31. The monoisotopic (exact) mass is 169 g/mol. The molecular formula is C11H23N. The third kappa shape index (κ3) is 3.57. The average molecular weight is 169 g/mol. The van der Waals surface area contributed by atoms with Crippen LogP contribution < -0.4 is 5.73 Å². The van der Waals surface area contributed by atoms with Crippen LogP contribution in [0.3, 0.4) is 0 Å². The zero-order chi connectivity index (χ0) is 9.03. The molecule has 0 aromatic rings. The van der Waals surface area contributed by atoms with E-state index in [4.69, 9.17) is 5.73 Å². The summed E-state index contributed by atoms with van der Waals surface area (Å²) in [6.45, 7) is 4.79. The summed E-state index contributed by atoms with van der Waals surface area (Å²) in [6, 6.07) is 0.485. The Hall–Kier alpha value is -0.0400. The van der Waals surface area contributed by atoms with Crippen LogP contribution in [0.2, 0.25) is 0 Å². The zero-order valence-electron chi connectivity index (χ0n) is 8.60. The lowest BCUT2D eigenvalue weighted by atomic mass is 9.83. The van der Waals surface area contributed by atoms with Crippen molar-refractivity contribution in [3.05, 3.63) is 0 Å². The van der Waals surface area contributed by atoms with Crippen LogP contribution in [-0.4, -0.2) is 6.04 Å². The van der Waals surface area contributed by atoms with Gasteiger partial charge >= 0.3 is 0 Å². The van der Waals surface area contributed by atoms with Crippen molar-refractivity contribution in [1.82, 2.24) is 0 Å². The maximum absolute atomic E-state index is 5.96. The molecule has 0 saturated heterocycles. The van der Waals surface area contributed by atoms with Crippen LogP contribution in [0, 0.1) is 5.41 Å². The Morgan fingerprint density at radius 3 is 2.33 bits per heavy atom. The van der Waals surface area contributed by atoms with Gasteiger partial charge in [0, 0.05) is 6.04 Å². The lowest BCUT2D eigenvalue weighted by molar-refractivity contribution is 0.293. The van der Waals surface area contributed by atoms with Gasteiger partial charge < -0.3 is 5.73 Å². The normalized spacial score (nSPS) is 31.8. The summed E-state index contributed by atoms with van der Waals surface area (Å²) in [5.74, 6) is 0. The molecule has 12 heavy (non-hydrogen) atoms. The highest BCUT2D eigenvalue weighted by molar-refractivity contribution is 4.73. The third-order valence-electron chi connectivity index (χ3n) is 3.11. The molecule has 0 aliphatic heterocycles. The van der Waals surface area contributed by atoms with Gasteiger partial charge in [0.1, 0.15) is 0 Å². The topological polar surface area (TPSA) is 26.0 Å². The SMILES string of the molecule is CC1(C)CCCCC(N)CCC1. The molecule has 1 rings (SSSR count). The van der Waals surface area contributed by atoms with Crippen LogP contribution in [0.1, 0.15) is 58.8 Å². The molecule has 1 heteroatoms. The Balaban J connectivity index is 2.37. The van der Waals surface area contributed by atoms with Crippen LogP contribution in [-0.2, 0) is 0 Å². The molecule has 1 nitrogen and oxygen atoms in total. The van der Waals surface area contributed by atoms with Gasteiger partial charge in [0.2, 0.25) is 0 Å². The summed E-state index contributed by atoms with van der Waals surface area (Å²) in [6.07, 6.45) is 9.28. The third-order valence-corrected chi connectivity index (χ3v) is 3.11. The van der Waals surface area contributed by atoms with Gasteiger partial charge in [-0.1, -0.05) is 33.1 Å². The van der Waals surface area contributed by atoms with E-state index in [2.05, 4.69) is 13.8 Å². The number of hydrogen-bond acceptors (Lipinski definition) is 1. The van der Waals surface area contributed by atoms with Crippen LogP contribution in [0.5, 0.6) is 0 Å². The number of hydrogen-bond donors (Lipinski definition) is 1. The predicted molar refractivity (Wildman–Crippen MR) is 54.1 cm³/mol. The van der Waals surface area contributed by atoms with Crippen LogP contribution in [0.25, 0.3) is 0 Å². The molecule has 0 aromatic heterocycles. The fourth-order valence-electron chi connectivity index (χ4n) is 2.12. The minimum atomic E-state index is 0.485. The predicted octanol–water partition coefficient (Wildman–Crippen LogP) is 3.08. The van der Waals surface area contributed by atoms with Gasteiger partial charge in [-0.05, 0) is 31.1 Å². The van der Waals surface area contributed by atoms with E-state index in [1.54, 1.807) is 0 Å². The first kappa shape index (κ1) is 10.0. The van der Waals surface area contributed by atoms with E-state index in [1.165, 1.54) is 44.9 Å². The molecule has 72 valence electrons. The standard InChI is InChI=1S/C11H23N/c1-11(2)8-4-3-6-10(12)7-5-9-11/h10H,3-9,12H2,1-2H3. The van der Waals surface area contributed by atoms with E-state index in [9.17, 15) is 0 Å². The molecule has 0 heterocycles. The van der Waals surface area contributed by atoms with E-state index < -0.39 is 0 Å². The lowest BCUT2D eigenvalue weighted by Gasteiger charge is -2.23. The fourth-order valence-corrected chi connectivity index (χ4v) is 2.12. The lowest BCUT2D eigenvalue weighted by Crippen LogP contribution is -2.19.